The summed E-state index contributed by atoms with van der Waals surface area (Å²) >= 11 is 0. The minimum absolute atomic E-state index is 0.261. The molecule has 0 saturated carbocycles. The molecular weight excluding hydrogens is 303 g/mol. The molecule has 3 heterocycles. The number of nitrogens with zero attached hydrogens (tertiary/aromatic N) is 2. The summed E-state index contributed by atoms with van der Waals surface area (Å²) in [5, 5.41) is 0. The number of hydrogen-bond donors (Lipinski definition) is 0. The summed E-state index contributed by atoms with van der Waals surface area (Å²) in [5.41, 5.74) is 0.284. The van der Waals surface area contributed by atoms with Gasteiger partial charge in [-0.15, -0.1) is 0 Å². The molecule has 0 aromatic carbocycles. The average molecular weight is 341 g/mol. The van der Waals surface area contributed by atoms with Gasteiger partial charge in [-0.25, -0.2) is 4.39 Å². The Labute approximate surface area is 147 Å². The van der Waals surface area contributed by atoms with Crippen LogP contribution in [0.5, 0.6) is 0 Å². The highest BCUT2D eigenvalue weighted by Gasteiger charge is 2.39. The van der Waals surface area contributed by atoms with Crippen molar-refractivity contribution in [2.24, 2.45) is 23.2 Å². The smallest absolute Gasteiger partial charge is 0.116 e. The molecule has 2 unspecified atom stereocenters. The largest absolute Gasteiger partial charge is 0.378 e. The summed E-state index contributed by atoms with van der Waals surface area (Å²) in [5.74, 6) is 1.49. The maximum absolute atomic E-state index is 14.5. The van der Waals surface area contributed by atoms with Crippen LogP contribution in [0.15, 0.2) is 0 Å². The molecule has 3 fully saturated rings. The fourth-order valence-corrected chi connectivity index (χ4v) is 5.07. The minimum Gasteiger partial charge on any atom is -0.378 e. The molecule has 0 N–H and O–H groups in total. The van der Waals surface area contributed by atoms with Crippen LogP contribution < -0.4 is 0 Å². The van der Waals surface area contributed by atoms with Gasteiger partial charge in [-0.1, -0.05) is 27.7 Å². The number of likely N-dealkylation sites (tertiary alicyclic amines) is 2. The Morgan fingerprint density at radius 1 is 1.08 bits per heavy atom. The molecule has 3 aliphatic heterocycles. The zero-order valence-electron chi connectivity index (χ0n) is 16.1. The Balaban J connectivity index is 1.47. The lowest BCUT2D eigenvalue weighted by atomic mass is 9.72. The first-order valence-electron chi connectivity index (χ1n) is 10.0. The number of rotatable bonds is 5. The Hall–Kier alpha value is -0.190. The van der Waals surface area contributed by atoms with E-state index in [0.29, 0.717) is 18.5 Å². The molecule has 0 spiro atoms. The molecular formula is C20H37FN2O. The molecule has 140 valence electrons. The zero-order chi connectivity index (χ0) is 17.3. The SMILES string of the molecule is CC(C)C1CCN(CC(C)(C)C2CCN(C3COC3)CC2)CC1F. The van der Waals surface area contributed by atoms with Crippen LogP contribution in [0, 0.1) is 23.2 Å². The van der Waals surface area contributed by atoms with Crippen LogP contribution in [0.1, 0.15) is 47.0 Å². The first kappa shape index (κ1) is 18.6. The van der Waals surface area contributed by atoms with Gasteiger partial charge >= 0.3 is 0 Å². The maximum Gasteiger partial charge on any atom is 0.116 e. The Bertz CT molecular complexity index is 402. The number of piperidine rings is 2. The second kappa shape index (κ2) is 7.59. The Morgan fingerprint density at radius 2 is 1.75 bits per heavy atom. The van der Waals surface area contributed by atoms with Gasteiger partial charge in [0, 0.05) is 13.1 Å². The molecule has 3 rings (SSSR count). The van der Waals surface area contributed by atoms with Gasteiger partial charge in [0.25, 0.3) is 0 Å². The highest BCUT2D eigenvalue weighted by molar-refractivity contribution is 4.91. The van der Waals surface area contributed by atoms with Crippen LogP contribution in [0.2, 0.25) is 0 Å². The number of ether oxygens (including phenoxy) is 1. The average Bonchev–Trinajstić information content (AvgIpc) is 2.45. The molecule has 0 aromatic heterocycles. The van der Waals surface area contributed by atoms with Crippen molar-refractivity contribution in [3.05, 3.63) is 0 Å². The molecule has 3 saturated heterocycles. The molecule has 3 nitrogen and oxygen atoms in total. The lowest BCUT2D eigenvalue weighted by Gasteiger charge is -2.47. The van der Waals surface area contributed by atoms with Gasteiger partial charge in [0.05, 0.1) is 19.3 Å². The van der Waals surface area contributed by atoms with Crippen molar-refractivity contribution < 1.29 is 9.13 Å². The first-order valence-corrected chi connectivity index (χ1v) is 10.0. The monoisotopic (exact) mass is 340 g/mol. The normalized spacial score (nSPS) is 32.2. The van der Waals surface area contributed by atoms with Gasteiger partial charge in [-0.2, -0.15) is 0 Å². The molecule has 2 atom stereocenters. The summed E-state index contributed by atoms with van der Waals surface area (Å²) in [6, 6.07) is 0.677. The molecule has 24 heavy (non-hydrogen) atoms. The van der Waals surface area contributed by atoms with Gasteiger partial charge in [0.15, 0.2) is 0 Å². The van der Waals surface area contributed by atoms with Crippen molar-refractivity contribution >= 4 is 0 Å². The molecule has 0 bridgehead atoms. The predicted octanol–water partition coefficient (Wildman–Crippen LogP) is 3.44. The molecule has 4 heteroatoms. The second-order valence-electron chi connectivity index (χ2n) is 9.44. The summed E-state index contributed by atoms with van der Waals surface area (Å²) in [6.45, 7) is 16.2. The van der Waals surface area contributed by atoms with Gasteiger partial charge in [0.1, 0.15) is 6.17 Å². The van der Waals surface area contributed by atoms with Gasteiger partial charge in [0.2, 0.25) is 0 Å². The third-order valence-electron chi connectivity index (χ3n) is 6.93. The first-order chi connectivity index (χ1) is 11.4. The van der Waals surface area contributed by atoms with Crippen LogP contribution in [0.25, 0.3) is 0 Å². The maximum atomic E-state index is 14.5. The summed E-state index contributed by atoms with van der Waals surface area (Å²) in [7, 11) is 0. The van der Waals surface area contributed by atoms with E-state index in [1.807, 2.05) is 0 Å². The Kier molecular flexibility index (Phi) is 5.88. The second-order valence-corrected chi connectivity index (χ2v) is 9.44. The molecule has 0 amide bonds. The van der Waals surface area contributed by atoms with E-state index in [-0.39, 0.29) is 11.3 Å². The van der Waals surface area contributed by atoms with E-state index in [1.54, 1.807) is 0 Å². The Morgan fingerprint density at radius 3 is 2.25 bits per heavy atom. The number of halogens is 1. The fraction of sp³-hybridized carbons (Fsp3) is 1.00. The van der Waals surface area contributed by atoms with Crippen molar-refractivity contribution in [1.29, 1.82) is 0 Å². The van der Waals surface area contributed by atoms with E-state index in [0.717, 1.165) is 38.6 Å². The van der Waals surface area contributed by atoms with Gasteiger partial charge in [-0.3, -0.25) is 9.80 Å². The van der Waals surface area contributed by atoms with Gasteiger partial charge in [-0.05, 0) is 62.1 Å². The van der Waals surface area contributed by atoms with E-state index >= 15 is 0 Å². The fourth-order valence-electron chi connectivity index (χ4n) is 5.07. The molecule has 0 aromatic rings. The van der Waals surface area contributed by atoms with E-state index < -0.39 is 6.17 Å². The third-order valence-corrected chi connectivity index (χ3v) is 6.93. The van der Waals surface area contributed by atoms with E-state index in [2.05, 4.69) is 37.5 Å². The van der Waals surface area contributed by atoms with Crippen LogP contribution in [-0.2, 0) is 4.74 Å². The minimum atomic E-state index is -0.644. The predicted molar refractivity (Wildman–Crippen MR) is 97.0 cm³/mol. The summed E-state index contributed by atoms with van der Waals surface area (Å²) in [4.78, 5) is 5.01. The van der Waals surface area contributed by atoms with Gasteiger partial charge < -0.3 is 4.74 Å². The van der Waals surface area contributed by atoms with Crippen molar-refractivity contribution in [1.82, 2.24) is 9.80 Å². The van der Waals surface area contributed by atoms with Crippen molar-refractivity contribution in [2.45, 2.75) is 59.2 Å². The topological polar surface area (TPSA) is 15.7 Å². The summed E-state index contributed by atoms with van der Waals surface area (Å²) in [6.07, 6.45) is 2.94. The summed E-state index contributed by atoms with van der Waals surface area (Å²) < 4.78 is 19.8. The zero-order valence-corrected chi connectivity index (χ0v) is 16.1. The molecule has 3 aliphatic rings. The lowest BCUT2D eigenvalue weighted by Crippen LogP contribution is -2.54. The molecule has 0 aliphatic carbocycles. The van der Waals surface area contributed by atoms with Crippen molar-refractivity contribution in [3.63, 3.8) is 0 Å². The highest BCUT2D eigenvalue weighted by atomic mass is 19.1. The van der Waals surface area contributed by atoms with Crippen LogP contribution >= 0.6 is 0 Å². The van der Waals surface area contributed by atoms with Crippen molar-refractivity contribution in [3.8, 4) is 0 Å². The molecule has 0 radical (unpaired) electrons. The quantitative estimate of drug-likeness (QED) is 0.762. The van der Waals surface area contributed by atoms with Crippen LogP contribution in [0.4, 0.5) is 4.39 Å². The van der Waals surface area contributed by atoms with E-state index in [1.165, 1.54) is 25.9 Å². The standard InChI is InChI=1S/C20H37FN2O/c1-15(2)18-7-8-22(11-19(18)21)14-20(3,4)16-5-9-23(10-6-16)17-12-24-13-17/h15-19H,5-14H2,1-4H3. The van der Waals surface area contributed by atoms with Crippen molar-refractivity contribution in [2.75, 3.05) is 45.9 Å². The highest BCUT2D eigenvalue weighted by Crippen LogP contribution is 2.38. The number of hydrogen-bond acceptors (Lipinski definition) is 3. The van der Waals surface area contributed by atoms with Crippen LogP contribution in [0.3, 0.4) is 0 Å². The lowest BCUT2D eigenvalue weighted by molar-refractivity contribution is -0.0806. The third kappa shape index (κ3) is 4.13. The number of alkyl halides is 1. The van der Waals surface area contributed by atoms with E-state index in [9.17, 15) is 4.39 Å². The van der Waals surface area contributed by atoms with E-state index in [4.69, 9.17) is 4.74 Å². The van der Waals surface area contributed by atoms with Crippen LogP contribution in [-0.4, -0.2) is 68.0 Å².